The third-order valence-corrected chi connectivity index (χ3v) is 6.72. The van der Waals surface area contributed by atoms with Gasteiger partial charge in [0, 0.05) is 18.0 Å². The molecule has 0 fully saturated rings. The van der Waals surface area contributed by atoms with Gasteiger partial charge in [0.15, 0.2) is 0 Å². The Bertz CT molecular complexity index is 1050. The van der Waals surface area contributed by atoms with Gasteiger partial charge in [0.1, 0.15) is 0 Å². The van der Waals surface area contributed by atoms with E-state index in [1.807, 2.05) is 40.1 Å². The Morgan fingerprint density at radius 1 is 1.11 bits per heavy atom. The molecular formula is C20H26N4O2S. The molecule has 2 aromatic carbocycles. The zero-order chi connectivity index (χ0) is 19.8. The van der Waals surface area contributed by atoms with E-state index in [1.165, 1.54) is 0 Å². The molecule has 1 aromatic heterocycles. The van der Waals surface area contributed by atoms with Crippen molar-refractivity contribution in [1.29, 1.82) is 0 Å². The molecule has 1 heterocycles. The van der Waals surface area contributed by atoms with Crippen LogP contribution in [0.5, 0.6) is 0 Å². The fourth-order valence-electron chi connectivity index (χ4n) is 3.21. The van der Waals surface area contributed by atoms with Crippen LogP contribution in [0, 0.1) is 13.8 Å². The Morgan fingerprint density at radius 2 is 1.78 bits per heavy atom. The molecule has 0 aliphatic rings. The lowest BCUT2D eigenvalue weighted by Gasteiger charge is -2.23. The summed E-state index contributed by atoms with van der Waals surface area (Å²) in [6.07, 6.45) is 2.44. The summed E-state index contributed by atoms with van der Waals surface area (Å²) >= 11 is 0. The number of likely N-dealkylation sites (N-methyl/N-ethyl adjacent to an activating group) is 1. The van der Waals surface area contributed by atoms with Gasteiger partial charge in [0.2, 0.25) is 0 Å². The maximum absolute atomic E-state index is 13.0. The summed E-state index contributed by atoms with van der Waals surface area (Å²) in [5.41, 5.74) is 9.67. The highest BCUT2D eigenvalue weighted by molar-refractivity contribution is 7.90. The predicted octanol–water partition coefficient (Wildman–Crippen LogP) is 2.32. The summed E-state index contributed by atoms with van der Waals surface area (Å²) in [5.74, 6) is 0. The summed E-state index contributed by atoms with van der Waals surface area (Å²) in [6.45, 7) is 4.49. The lowest BCUT2D eigenvalue weighted by Crippen LogP contribution is -2.37. The molecule has 2 N–H and O–H groups in total. The third kappa shape index (κ3) is 3.63. The lowest BCUT2D eigenvalue weighted by molar-refractivity contribution is 0.297. The monoisotopic (exact) mass is 386 g/mol. The molecule has 3 aromatic rings. The number of benzene rings is 2. The molecule has 0 unspecified atom stereocenters. The number of fused-ring (bicyclic) bond motifs is 1. The number of hydrogen-bond acceptors (Lipinski definition) is 5. The van der Waals surface area contributed by atoms with E-state index in [4.69, 9.17) is 5.73 Å². The molecule has 144 valence electrons. The maximum Gasteiger partial charge on any atom is 0.283 e. The molecule has 27 heavy (non-hydrogen) atoms. The Morgan fingerprint density at radius 3 is 2.37 bits per heavy atom. The van der Waals surface area contributed by atoms with Gasteiger partial charge < -0.3 is 10.6 Å². The first-order valence-corrected chi connectivity index (χ1v) is 10.3. The van der Waals surface area contributed by atoms with E-state index in [-0.39, 0.29) is 10.9 Å². The highest BCUT2D eigenvalue weighted by Crippen LogP contribution is 2.26. The van der Waals surface area contributed by atoms with Gasteiger partial charge in [-0.3, -0.25) is 0 Å². The van der Waals surface area contributed by atoms with Crippen LogP contribution in [-0.4, -0.2) is 49.2 Å². The number of nitrogens with zero attached hydrogens (tertiary/aromatic N) is 3. The van der Waals surface area contributed by atoms with E-state index in [2.05, 4.69) is 10.00 Å². The van der Waals surface area contributed by atoms with E-state index >= 15 is 0 Å². The minimum Gasteiger partial charge on any atom is -0.329 e. The summed E-state index contributed by atoms with van der Waals surface area (Å²) < 4.78 is 27.1. The molecule has 3 rings (SSSR count). The molecule has 1 atom stereocenters. The van der Waals surface area contributed by atoms with Gasteiger partial charge in [0.05, 0.1) is 16.6 Å². The van der Waals surface area contributed by atoms with Crippen LogP contribution in [0.1, 0.15) is 16.7 Å². The van der Waals surface area contributed by atoms with Crippen molar-refractivity contribution in [3.63, 3.8) is 0 Å². The van der Waals surface area contributed by atoms with Crippen LogP contribution >= 0.6 is 0 Å². The summed E-state index contributed by atoms with van der Waals surface area (Å²) in [7, 11) is 0.291. The van der Waals surface area contributed by atoms with E-state index in [0.29, 0.717) is 12.1 Å². The van der Waals surface area contributed by atoms with Gasteiger partial charge in [-0.1, -0.05) is 23.8 Å². The fourth-order valence-corrected chi connectivity index (χ4v) is 4.48. The second kappa shape index (κ2) is 7.42. The minimum absolute atomic E-state index is 0.229. The van der Waals surface area contributed by atoms with E-state index in [9.17, 15) is 8.42 Å². The fraction of sp³-hybridized carbons (Fsp3) is 0.350. The van der Waals surface area contributed by atoms with Crippen LogP contribution in [0.3, 0.4) is 0 Å². The van der Waals surface area contributed by atoms with Crippen LogP contribution in [-0.2, 0) is 16.4 Å². The molecule has 0 spiro atoms. The third-order valence-electron chi connectivity index (χ3n) is 5.11. The van der Waals surface area contributed by atoms with E-state index in [0.717, 1.165) is 32.6 Å². The highest BCUT2D eigenvalue weighted by atomic mass is 32.2. The molecule has 0 saturated carbocycles. The minimum atomic E-state index is -3.73. The summed E-state index contributed by atoms with van der Waals surface area (Å²) in [4.78, 5) is 2.34. The van der Waals surface area contributed by atoms with Gasteiger partial charge in [-0.05, 0) is 63.7 Å². The van der Waals surface area contributed by atoms with Crippen LogP contribution in [0.15, 0.2) is 47.5 Å². The highest BCUT2D eigenvalue weighted by Gasteiger charge is 2.22. The van der Waals surface area contributed by atoms with E-state index in [1.54, 1.807) is 30.5 Å². The van der Waals surface area contributed by atoms with Gasteiger partial charge in [-0.25, -0.2) is 0 Å². The second-order valence-electron chi connectivity index (χ2n) is 7.15. The molecule has 7 heteroatoms. The topological polar surface area (TPSA) is 81.2 Å². The first-order valence-electron chi connectivity index (χ1n) is 8.90. The molecule has 0 saturated heterocycles. The average Bonchev–Trinajstić information content (AvgIpc) is 3.07. The zero-order valence-corrected chi connectivity index (χ0v) is 17.0. The number of rotatable bonds is 6. The maximum atomic E-state index is 13.0. The lowest BCUT2D eigenvalue weighted by atomic mass is 9.98. The van der Waals surface area contributed by atoms with Crippen molar-refractivity contribution < 1.29 is 8.42 Å². The Labute approximate surface area is 160 Å². The van der Waals surface area contributed by atoms with Crippen molar-refractivity contribution >= 4 is 20.9 Å². The van der Waals surface area contributed by atoms with Gasteiger partial charge in [0.25, 0.3) is 10.0 Å². The molecule has 0 amide bonds. The van der Waals surface area contributed by atoms with Crippen LogP contribution in [0.4, 0.5) is 0 Å². The van der Waals surface area contributed by atoms with Crippen molar-refractivity contribution in [1.82, 2.24) is 14.1 Å². The van der Waals surface area contributed by atoms with Crippen molar-refractivity contribution in [2.45, 2.75) is 31.2 Å². The molecule has 0 aliphatic heterocycles. The number of nitrogens with two attached hydrogens (primary N) is 1. The SMILES string of the molecule is Cc1ccc(S(=O)(=O)n2ncc3c(C)c(C[C@@H](CN)N(C)C)ccc32)cc1. The molecule has 0 bridgehead atoms. The Balaban J connectivity index is 2.05. The quantitative estimate of drug-likeness (QED) is 0.703. The Kier molecular flexibility index (Phi) is 5.37. The number of hydrogen-bond donors (Lipinski definition) is 1. The number of aryl methyl sites for hydroxylation is 2. The predicted molar refractivity (Wildman–Crippen MR) is 108 cm³/mol. The summed E-state index contributed by atoms with van der Waals surface area (Å²) in [6, 6.07) is 10.8. The van der Waals surface area contributed by atoms with Gasteiger partial charge in [-0.15, -0.1) is 0 Å². The molecule has 6 nitrogen and oxygen atoms in total. The van der Waals surface area contributed by atoms with Crippen molar-refractivity contribution in [3.05, 3.63) is 59.3 Å². The van der Waals surface area contributed by atoms with Gasteiger partial charge in [-0.2, -0.15) is 17.6 Å². The van der Waals surface area contributed by atoms with Crippen LogP contribution in [0.25, 0.3) is 10.9 Å². The summed E-state index contributed by atoms with van der Waals surface area (Å²) in [5, 5.41) is 5.04. The zero-order valence-electron chi connectivity index (χ0n) is 16.2. The smallest absolute Gasteiger partial charge is 0.283 e. The standard InChI is InChI=1S/C20H26N4O2S/c1-14-5-8-18(9-6-14)27(25,26)24-20-10-7-16(11-17(12-21)23(3)4)15(2)19(20)13-22-24/h5-10,13,17H,11-12,21H2,1-4H3/t17-/m0/s1. The first kappa shape index (κ1) is 19.5. The largest absolute Gasteiger partial charge is 0.329 e. The van der Waals surface area contributed by atoms with Crippen molar-refractivity contribution in [2.75, 3.05) is 20.6 Å². The molecular weight excluding hydrogens is 360 g/mol. The first-order chi connectivity index (χ1) is 12.8. The Hall–Kier alpha value is -2.22. The van der Waals surface area contributed by atoms with Crippen LogP contribution < -0.4 is 5.73 Å². The van der Waals surface area contributed by atoms with Gasteiger partial charge >= 0.3 is 0 Å². The van der Waals surface area contributed by atoms with Crippen LogP contribution in [0.2, 0.25) is 0 Å². The average molecular weight is 387 g/mol. The normalized spacial score (nSPS) is 13.4. The van der Waals surface area contributed by atoms with Crippen molar-refractivity contribution in [3.8, 4) is 0 Å². The second-order valence-corrected chi connectivity index (χ2v) is 8.91. The van der Waals surface area contributed by atoms with Crippen molar-refractivity contribution in [2.24, 2.45) is 5.73 Å². The number of aromatic nitrogens is 2. The van der Waals surface area contributed by atoms with E-state index < -0.39 is 10.0 Å². The molecule has 0 radical (unpaired) electrons. The molecule has 0 aliphatic carbocycles.